The number of nitrogens with one attached hydrogen (secondary N) is 1. The highest BCUT2D eigenvalue weighted by Gasteiger charge is 2.27. The first-order chi connectivity index (χ1) is 10.1. The highest BCUT2D eigenvalue weighted by Crippen LogP contribution is 2.19. The topological polar surface area (TPSA) is 50.5 Å². The Balaban J connectivity index is 1.99. The number of halogens is 2. The van der Waals surface area contributed by atoms with Crippen molar-refractivity contribution in [2.24, 2.45) is 5.84 Å². The van der Waals surface area contributed by atoms with Crippen LogP contribution in [0.25, 0.3) is 0 Å². The normalized spacial score (nSPS) is 21.4. The summed E-state index contributed by atoms with van der Waals surface area (Å²) >= 11 is 3.22. The van der Waals surface area contributed by atoms with E-state index in [0.717, 1.165) is 38.2 Å². The van der Waals surface area contributed by atoms with E-state index < -0.39 is 0 Å². The fourth-order valence-electron chi connectivity index (χ4n) is 2.71. The Morgan fingerprint density at radius 1 is 1.57 bits per heavy atom. The zero-order chi connectivity index (χ0) is 15.2. The monoisotopic (exact) mass is 359 g/mol. The maximum absolute atomic E-state index is 13.3. The highest BCUT2D eigenvalue weighted by molar-refractivity contribution is 9.10. The minimum Gasteiger partial charge on any atom is -0.374 e. The average molecular weight is 360 g/mol. The summed E-state index contributed by atoms with van der Waals surface area (Å²) in [5, 5.41) is 0. The van der Waals surface area contributed by atoms with Gasteiger partial charge >= 0.3 is 0 Å². The van der Waals surface area contributed by atoms with Crippen LogP contribution in [0.1, 0.15) is 18.9 Å². The largest absolute Gasteiger partial charge is 0.374 e. The predicted molar refractivity (Wildman–Crippen MR) is 85.4 cm³/mol. The van der Waals surface area contributed by atoms with Gasteiger partial charge in [-0.3, -0.25) is 16.2 Å². The van der Waals surface area contributed by atoms with Crippen LogP contribution in [0.5, 0.6) is 0 Å². The summed E-state index contributed by atoms with van der Waals surface area (Å²) in [5.74, 6) is 5.45. The fourth-order valence-corrected chi connectivity index (χ4v) is 3.14. The average Bonchev–Trinajstić information content (AvgIpc) is 2.49. The van der Waals surface area contributed by atoms with E-state index in [4.69, 9.17) is 10.6 Å². The highest BCUT2D eigenvalue weighted by atomic mass is 79.9. The lowest BCUT2D eigenvalue weighted by atomic mass is 10.0. The first kappa shape index (κ1) is 16.8. The third-order valence-corrected chi connectivity index (χ3v) is 4.43. The number of benzene rings is 1. The van der Waals surface area contributed by atoms with Gasteiger partial charge in [-0.05, 0) is 53.0 Å². The van der Waals surface area contributed by atoms with Crippen molar-refractivity contribution < 1.29 is 9.13 Å². The molecule has 0 aliphatic carbocycles. The minimum atomic E-state index is -0.251. The van der Waals surface area contributed by atoms with Crippen molar-refractivity contribution in [2.45, 2.75) is 31.9 Å². The number of hydrazine groups is 1. The van der Waals surface area contributed by atoms with Crippen LogP contribution < -0.4 is 11.3 Å². The number of morpholine rings is 1. The number of nitrogens with two attached hydrogens (primary N) is 1. The van der Waals surface area contributed by atoms with E-state index in [9.17, 15) is 4.39 Å². The third-order valence-electron chi connectivity index (χ3n) is 3.82. The Labute approximate surface area is 133 Å². The first-order valence-electron chi connectivity index (χ1n) is 7.38. The minimum absolute atomic E-state index is 0.0158. The molecule has 1 heterocycles. The van der Waals surface area contributed by atoms with E-state index in [1.54, 1.807) is 12.1 Å². The van der Waals surface area contributed by atoms with E-state index >= 15 is 0 Å². The van der Waals surface area contributed by atoms with Gasteiger partial charge in [-0.2, -0.15) is 0 Å². The Hall–Kier alpha value is -0.530. The summed E-state index contributed by atoms with van der Waals surface area (Å²) in [6.07, 6.45) is 1.90. The Morgan fingerprint density at radius 2 is 2.38 bits per heavy atom. The zero-order valence-electron chi connectivity index (χ0n) is 12.3. The predicted octanol–water partition coefficient (Wildman–Crippen LogP) is 2.07. The molecule has 2 atom stereocenters. The molecule has 1 aliphatic heterocycles. The summed E-state index contributed by atoms with van der Waals surface area (Å²) in [5.41, 5.74) is 3.89. The van der Waals surface area contributed by atoms with Gasteiger partial charge in [0.25, 0.3) is 0 Å². The van der Waals surface area contributed by atoms with Gasteiger partial charge in [0.2, 0.25) is 0 Å². The molecule has 2 unspecified atom stereocenters. The fraction of sp³-hybridized carbons (Fsp3) is 0.600. The summed E-state index contributed by atoms with van der Waals surface area (Å²) in [4.78, 5) is 2.40. The van der Waals surface area contributed by atoms with Crippen LogP contribution in [0.2, 0.25) is 0 Å². The number of nitrogens with zero attached hydrogens (tertiary/aromatic N) is 1. The molecule has 1 saturated heterocycles. The molecule has 3 N–H and O–H groups in total. The van der Waals surface area contributed by atoms with Gasteiger partial charge in [0.15, 0.2) is 0 Å². The second-order valence-corrected chi connectivity index (χ2v) is 6.29. The molecule has 0 aromatic heterocycles. The molecule has 1 aliphatic rings. The van der Waals surface area contributed by atoms with Gasteiger partial charge in [-0.25, -0.2) is 4.39 Å². The number of hydrogen-bond donors (Lipinski definition) is 2. The standard InChI is InChI=1S/C15H23BrFN3O/c1-2-5-20-6-7-21-15(10-20)14(19-18)9-11-3-4-13(17)12(16)8-11/h3-4,8,14-15,19H,2,5-7,9-10,18H2,1H3. The molecular formula is C15H23BrFN3O. The van der Waals surface area contributed by atoms with Crippen molar-refractivity contribution in [3.05, 3.63) is 34.1 Å². The van der Waals surface area contributed by atoms with Crippen molar-refractivity contribution in [3.63, 3.8) is 0 Å². The quantitative estimate of drug-likeness (QED) is 0.603. The van der Waals surface area contributed by atoms with Gasteiger partial charge in [0.1, 0.15) is 5.82 Å². The van der Waals surface area contributed by atoms with Gasteiger partial charge in [0, 0.05) is 13.1 Å². The van der Waals surface area contributed by atoms with Crippen molar-refractivity contribution in [1.82, 2.24) is 10.3 Å². The number of hydrogen-bond acceptors (Lipinski definition) is 4. The van der Waals surface area contributed by atoms with Crippen LogP contribution in [-0.2, 0) is 11.2 Å². The molecule has 6 heteroatoms. The summed E-state index contributed by atoms with van der Waals surface area (Å²) < 4.78 is 19.6. The van der Waals surface area contributed by atoms with Crippen LogP contribution in [0, 0.1) is 5.82 Å². The molecule has 0 spiro atoms. The molecule has 4 nitrogen and oxygen atoms in total. The number of rotatable bonds is 6. The smallest absolute Gasteiger partial charge is 0.137 e. The van der Waals surface area contributed by atoms with Crippen molar-refractivity contribution in [3.8, 4) is 0 Å². The molecule has 1 aromatic carbocycles. The molecule has 118 valence electrons. The van der Waals surface area contributed by atoms with Gasteiger partial charge in [-0.1, -0.05) is 13.0 Å². The summed E-state index contributed by atoms with van der Waals surface area (Å²) in [7, 11) is 0. The van der Waals surface area contributed by atoms with E-state index in [1.807, 2.05) is 0 Å². The third kappa shape index (κ3) is 4.72. The number of ether oxygens (including phenoxy) is 1. The van der Waals surface area contributed by atoms with Crippen LogP contribution in [0.4, 0.5) is 4.39 Å². The maximum atomic E-state index is 13.3. The SMILES string of the molecule is CCCN1CCOC(C(Cc2ccc(F)c(Br)c2)NN)C1. The van der Waals surface area contributed by atoms with E-state index in [2.05, 4.69) is 33.2 Å². The van der Waals surface area contributed by atoms with Gasteiger partial charge in [0.05, 0.1) is 23.2 Å². The van der Waals surface area contributed by atoms with E-state index in [-0.39, 0.29) is 18.0 Å². The molecular weight excluding hydrogens is 337 g/mol. The molecule has 1 fully saturated rings. The summed E-state index contributed by atoms with van der Waals surface area (Å²) in [6.45, 7) is 5.85. The molecule has 0 saturated carbocycles. The molecule has 0 amide bonds. The lowest BCUT2D eigenvalue weighted by molar-refractivity contribution is -0.0462. The molecule has 21 heavy (non-hydrogen) atoms. The van der Waals surface area contributed by atoms with Crippen LogP contribution >= 0.6 is 15.9 Å². The van der Waals surface area contributed by atoms with Gasteiger partial charge < -0.3 is 4.74 Å². The second kappa shape index (κ2) is 8.19. The molecule has 2 rings (SSSR count). The lowest BCUT2D eigenvalue weighted by Crippen LogP contribution is -2.54. The van der Waals surface area contributed by atoms with Crippen molar-refractivity contribution in [2.75, 3.05) is 26.2 Å². The van der Waals surface area contributed by atoms with Crippen LogP contribution in [0.15, 0.2) is 22.7 Å². The van der Waals surface area contributed by atoms with Crippen LogP contribution in [-0.4, -0.2) is 43.3 Å². The van der Waals surface area contributed by atoms with E-state index in [1.165, 1.54) is 6.07 Å². The second-order valence-electron chi connectivity index (χ2n) is 5.44. The lowest BCUT2D eigenvalue weighted by Gasteiger charge is -2.36. The Morgan fingerprint density at radius 3 is 3.05 bits per heavy atom. The first-order valence-corrected chi connectivity index (χ1v) is 8.17. The molecule has 0 bridgehead atoms. The van der Waals surface area contributed by atoms with Crippen molar-refractivity contribution >= 4 is 15.9 Å². The summed E-state index contributed by atoms with van der Waals surface area (Å²) in [6, 6.07) is 5.07. The Kier molecular flexibility index (Phi) is 6.57. The van der Waals surface area contributed by atoms with Gasteiger partial charge in [-0.15, -0.1) is 0 Å². The Bertz CT molecular complexity index is 459. The molecule has 1 aromatic rings. The van der Waals surface area contributed by atoms with Crippen molar-refractivity contribution in [1.29, 1.82) is 0 Å². The van der Waals surface area contributed by atoms with Crippen LogP contribution in [0.3, 0.4) is 0 Å². The zero-order valence-corrected chi connectivity index (χ0v) is 13.9. The molecule has 0 radical (unpaired) electrons. The maximum Gasteiger partial charge on any atom is 0.137 e. The van der Waals surface area contributed by atoms with E-state index in [0.29, 0.717) is 10.9 Å².